The molecule has 57 heavy (non-hydrogen) atoms. The first kappa shape index (κ1) is 32.1. The Morgan fingerprint density at radius 1 is 0.333 bits per heavy atom. The highest BCUT2D eigenvalue weighted by molar-refractivity contribution is 7.27. The fourth-order valence-corrected chi connectivity index (χ4v) is 10.4. The molecule has 0 aliphatic carbocycles. The minimum Gasteiger partial charge on any atom is -0.309 e. The zero-order chi connectivity index (χ0) is 37.5. The Morgan fingerprint density at radius 2 is 0.930 bits per heavy atom. The van der Waals surface area contributed by atoms with Gasteiger partial charge >= 0.3 is 0 Å². The number of rotatable bonds is 5. The zero-order valence-corrected chi connectivity index (χ0v) is 31.7. The van der Waals surface area contributed by atoms with E-state index in [1.165, 1.54) is 96.8 Å². The Hall–Kier alpha value is -7.20. The second-order valence-corrected chi connectivity index (χ2v) is 15.9. The van der Waals surface area contributed by atoms with E-state index >= 15 is 0 Å². The van der Waals surface area contributed by atoms with E-state index in [1.807, 2.05) is 11.3 Å². The molecule has 0 N–H and O–H groups in total. The van der Waals surface area contributed by atoms with E-state index in [0.29, 0.717) is 0 Å². The van der Waals surface area contributed by atoms with Crippen molar-refractivity contribution in [2.75, 3.05) is 4.90 Å². The summed E-state index contributed by atoms with van der Waals surface area (Å²) in [7, 11) is 0. The molecular weight excluding hydrogens is 709 g/mol. The van der Waals surface area contributed by atoms with E-state index in [1.54, 1.807) is 0 Å². The molecule has 0 amide bonds. The smallest absolute Gasteiger partial charge is 0.0640 e. The first-order chi connectivity index (χ1) is 28.3. The molecule has 0 aliphatic heterocycles. The van der Waals surface area contributed by atoms with Gasteiger partial charge in [0.1, 0.15) is 0 Å². The lowest BCUT2D eigenvalue weighted by Crippen LogP contribution is -2.10. The summed E-state index contributed by atoms with van der Waals surface area (Å²) < 4.78 is 4.99. The molecule has 0 saturated heterocycles. The number of anilines is 3. The lowest BCUT2D eigenvalue weighted by Gasteiger charge is -2.27. The van der Waals surface area contributed by atoms with Crippen molar-refractivity contribution in [1.29, 1.82) is 0 Å². The molecule has 12 aromatic rings. The van der Waals surface area contributed by atoms with Crippen LogP contribution in [0, 0.1) is 0 Å². The van der Waals surface area contributed by atoms with Crippen LogP contribution >= 0.6 is 11.3 Å². The zero-order valence-electron chi connectivity index (χ0n) is 30.9. The van der Waals surface area contributed by atoms with Crippen LogP contribution in [0.2, 0.25) is 0 Å². The lowest BCUT2D eigenvalue weighted by atomic mass is 10.00. The van der Waals surface area contributed by atoms with Gasteiger partial charge < -0.3 is 9.47 Å². The minimum absolute atomic E-state index is 1.12. The normalized spacial score (nSPS) is 11.9. The molecule has 0 fully saturated rings. The number of para-hydroxylation sites is 2. The minimum atomic E-state index is 1.12. The summed E-state index contributed by atoms with van der Waals surface area (Å²) in [6, 6.07) is 75.7. The van der Waals surface area contributed by atoms with Gasteiger partial charge in [0.2, 0.25) is 0 Å². The predicted octanol–water partition coefficient (Wildman–Crippen LogP) is 15.7. The van der Waals surface area contributed by atoms with E-state index in [0.717, 1.165) is 11.4 Å². The summed E-state index contributed by atoms with van der Waals surface area (Å²) in [4.78, 5) is 2.46. The Balaban J connectivity index is 1.04. The number of nitrogens with zero attached hydrogens (tertiary/aromatic N) is 2. The van der Waals surface area contributed by atoms with Crippen molar-refractivity contribution >= 4 is 103 Å². The van der Waals surface area contributed by atoms with Gasteiger partial charge in [0, 0.05) is 43.3 Å². The van der Waals surface area contributed by atoms with Crippen molar-refractivity contribution in [2.24, 2.45) is 0 Å². The molecule has 0 atom stereocenters. The van der Waals surface area contributed by atoms with Crippen LogP contribution in [0.4, 0.5) is 17.1 Å². The second-order valence-electron chi connectivity index (χ2n) is 14.9. The van der Waals surface area contributed by atoms with Gasteiger partial charge in [-0.25, -0.2) is 0 Å². The molecule has 2 aromatic heterocycles. The van der Waals surface area contributed by atoms with Crippen molar-refractivity contribution < 1.29 is 0 Å². The van der Waals surface area contributed by atoms with Gasteiger partial charge in [-0.15, -0.1) is 11.3 Å². The first-order valence-corrected chi connectivity index (χ1v) is 20.3. The van der Waals surface area contributed by atoms with E-state index in [2.05, 4.69) is 216 Å². The summed E-state index contributed by atoms with van der Waals surface area (Å²) in [5.74, 6) is 0. The number of fused-ring (bicyclic) bond motifs is 11. The van der Waals surface area contributed by atoms with Crippen LogP contribution in [0.3, 0.4) is 0 Å². The van der Waals surface area contributed by atoms with Crippen molar-refractivity contribution in [3.63, 3.8) is 0 Å². The van der Waals surface area contributed by atoms with Crippen molar-refractivity contribution in [3.05, 3.63) is 206 Å². The van der Waals surface area contributed by atoms with Gasteiger partial charge in [-0.2, -0.15) is 0 Å². The molecule has 10 aromatic carbocycles. The SMILES string of the molecule is c1ccc(-n2c3ccccc3c3cc(-c4ccc(N(c5ccc6ccc7ccccc7c6c5)c5cccc6c5sc5c7ccccc7ccc65)cc4)ccc32)cc1. The Bertz CT molecular complexity index is 3520. The standard InChI is InChI=1S/C54H34N2S/c1-2-13-40(14-3-1)56-50-19-9-8-17-45(50)49-33-39(27-32-51(49)56)35-23-28-41(29-24-35)55(42-30-25-38-22-21-36-11-4-6-15-43(36)48(38)34-42)52-20-10-18-46-47-31-26-37-12-5-7-16-44(37)53(47)57-54(46)52/h1-34H. The predicted molar refractivity (Wildman–Crippen MR) is 246 cm³/mol. The van der Waals surface area contributed by atoms with Gasteiger partial charge in [0.25, 0.3) is 0 Å². The molecular formula is C54H34N2S. The topological polar surface area (TPSA) is 8.17 Å². The molecule has 266 valence electrons. The van der Waals surface area contributed by atoms with Crippen LogP contribution in [0.1, 0.15) is 0 Å². The Kier molecular flexibility index (Phi) is 7.13. The number of aromatic nitrogens is 1. The van der Waals surface area contributed by atoms with E-state index in [9.17, 15) is 0 Å². The quantitative estimate of drug-likeness (QED) is 0.159. The average molecular weight is 743 g/mol. The van der Waals surface area contributed by atoms with Crippen LogP contribution in [0.15, 0.2) is 206 Å². The molecule has 0 bridgehead atoms. The second kappa shape index (κ2) is 12.7. The third-order valence-corrected chi connectivity index (χ3v) is 13.0. The fraction of sp³-hybridized carbons (Fsp3) is 0. The highest BCUT2D eigenvalue weighted by atomic mass is 32.1. The molecule has 0 aliphatic rings. The molecule has 2 heterocycles. The van der Waals surface area contributed by atoms with Crippen LogP contribution in [0.25, 0.3) is 91.1 Å². The van der Waals surface area contributed by atoms with Crippen molar-refractivity contribution in [3.8, 4) is 16.8 Å². The maximum absolute atomic E-state index is 2.46. The third kappa shape index (κ3) is 5.03. The van der Waals surface area contributed by atoms with E-state index in [4.69, 9.17) is 0 Å². The van der Waals surface area contributed by atoms with E-state index in [-0.39, 0.29) is 0 Å². The van der Waals surface area contributed by atoms with Crippen molar-refractivity contribution in [2.45, 2.75) is 0 Å². The molecule has 12 rings (SSSR count). The third-order valence-electron chi connectivity index (χ3n) is 11.7. The van der Waals surface area contributed by atoms with Crippen LogP contribution < -0.4 is 4.90 Å². The number of hydrogen-bond donors (Lipinski definition) is 0. The average Bonchev–Trinajstić information content (AvgIpc) is 3.83. The van der Waals surface area contributed by atoms with Crippen molar-refractivity contribution in [1.82, 2.24) is 4.57 Å². The van der Waals surface area contributed by atoms with Crippen LogP contribution in [0.5, 0.6) is 0 Å². The summed E-state index contributed by atoms with van der Waals surface area (Å²) >= 11 is 1.90. The highest BCUT2D eigenvalue weighted by Gasteiger charge is 2.20. The molecule has 0 unspecified atom stereocenters. The van der Waals surface area contributed by atoms with Gasteiger partial charge in [0.15, 0.2) is 0 Å². The summed E-state index contributed by atoms with van der Waals surface area (Å²) in [6.45, 7) is 0. The Morgan fingerprint density at radius 3 is 1.77 bits per heavy atom. The van der Waals surface area contributed by atoms with Gasteiger partial charge in [-0.3, -0.25) is 0 Å². The summed E-state index contributed by atoms with van der Waals surface area (Å²) in [5.41, 5.74) is 9.42. The largest absolute Gasteiger partial charge is 0.309 e. The van der Waals surface area contributed by atoms with Gasteiger partial charge in [0.05, 0.1) is 21.4 Å². The Labute approximate surface area is 333 Å². The molecule has 3 heteroatoms. The molecule has 0 spiro atoms. The molecule has 0 radical (unpaired) electrons. The highest BCUT2D eigenvalue weighted by Crippen LogP contribution is 2.47. The summed E-state index contributed by atoms with van der Waals surface area (Å²) in [5, 5.41) is 12.7. The molecule has 0 saturated carbocycles. The van der Waals surface area contributed by atoms with Gasteiger partial charge in [-0.05, 0) is 104 Å². The van der Waals surface area contributed by atoms with Crippen LogP contribution in [-0.4, -0.2) is 4.57 Å². The van der Waals surface area contributed by atoms with Gasteiger partial charge in [-0.1, -0.05) is 146 Å². The van der Waals surface area contributed by atoms with E-state index < -0.39 is 0 Å². The number of thiophene rings is 1. The fourth-order valence-electron chi connectivity index (χ4n) is 9.05. The summed E-state index contributed by atoms with van der Waals surface area (Å²) in [6.07, 6.45) is 0. The maximum atomic E-state index is 2.46. The lowest BCUT2D eigenvalue weighted by molar-refractivity contribution is 1.18. The first-order valence-electron chi connectivity index (χ1n) is 19.5. The number of benzene rings is 10. The monoisotopic (exact) mass is 742 g/mol. The number of hydrogen-bond acceptors (Lipinski definition) is 2. The maximum Gasteiger partial charge on any atom is 0.0640 e. The van der Waals surface area contributed by atoms with Crippen LogP contribution in [-0.2, 0) is 0 Å². The molecule has 2 nitrogen and oxygen atoms in total.